The molecule has 0 bridgehead atoms. The van der Waals surface area contributed by atoms with Crippen LogP contribution in [0.15, 0.2) is 4.79 Å². The van der Waals surface area contributed by atoms with E-state index in [0.717, 1.165) is 33.8 Å². The van der Waals surface area contributed by atoms with E-state index in [2.05, 4.69) is 53.3 Å². The molecule has 1 aromatic heterocycles. The lowest BCUT2D eigenvalue weighted by Crippen LogP contribution is -2.20. The molecule has 1 aliphatic rings. The molecule has 0 aliphatic heterocycles. The van der Waals surface area contributed by atoms with E-state index in [-0.39, 0.29) is 5.56 Å². The van der Waals surface area contributed by atoms with Crippen molar-refractivity contribution < 1.29 is 0 Å². The Kier molecular flexibility index (Phi) is 3.90. The van der Waals surface area contributed by atoms with Gasteiger partial charge in [-0.05, 0) is 53.7 Å². The van der Waals surface area contributed by atoms with E-state index in [1.165, 1.54) is 6.42 Å². The Morgan fingerprint density at radius 2 is 2.12 bits per heavy atom. The van der Waals surface area contributed by atoms with Crippen molar-refractivity contribution in [3.05, 3.63) is 25.4 Å². The predicted molar refractivity (Wildman–Crippen MR) is 77.4 cm³/mol. The Morgan fingerprint density at radius 3 is 2.65 bits per heavy atom. The van der Waals surface area contributed by atoms with E-state index >= 15 is 0 Å². The topological polar surface area (TPSA) is 45.8 Å². The van der Waals surface area contributed by atoms with E-state index in [1.54, 1.807) is 0 Å². The smallest absolute Gasteiger partial charge is 0.264 e. The number of halogens is 1. The first kappa shape index (κ1) is 13.1. The van der Waals surface area contributed by atoms with Gasteiger partial charge in [0.1, 0.15) is 5.82 Å². The molecule has 1 heterocycles. The summed E-state index contributed by atoms with van der Waals surface area (Å²) in [6, 6.07) is 0. The highest BCUT2D eigenvalue weighted by molar-refractivity contribution is 14.1. The van der Waals surface area contributed by atoms with Gasteiger partial charge in [0.05, 0.1) is 9.26 Å². The first-order chi connectivity index (χ1) is 7.99. The quantitative estimate of drug-likeness (QED) is 0.835. The van der Waals surface area contributed by atoms with Gasteiger partial charge < -0.3 is 4.98 Å². The molecule has 17 heavy (non-hydrogen) atoms. The summed E-state index contributed by atoms with van der Waals surface area (Å²) in [6.45, 7) is 6.45. The van der Waals surface area contributed by atoms with Gasteiger partial charge in [-0.2, -0.15) is 0 Å². The lowest BCUT2D eigenvalue weighted by Gasteiger charge is -2.13. The third kappa shape index (κ3) is 2.72. The summed E-state index contributed by atoms with van der Waals surface area (Å²) in [7, 11) is 0. The number of nitrogens with zero attached hydrogens (tertiary/aromatic N) is 1. The minimum absolute atomic E-state index is 0.0267. The summed E-state index contributed by atoms with van der Waals surface area (Å²) < 4.78 is 0.743. The molecule has 0 radical (unpaired) electrons. The van der Waals surface area contributed by atoms with E-state index in [0.29, 0.717) is 11.8 Å². The van der Waals surface area contributed by atoms with E-state index in [1.807, 2.05) is 0 Å². The zero-order valence-corrected chi connectivity index (χ0v) is 12.7. The molecule has 0 saturated heterocycles. The summed E-state index contributed by atoms with van der Waals surface area (Å²) in [5.41, 5.74) is 0.975. The van der Waals surface area contributed by atoms with Crippen LogP contribution < -0.4 is 5.56 Å². The Hall–Kier alpha value is -0.390. The number of aromatic amines is 1. The lowest BCUT2D eigenvalue weighted by atomic mass is 10.0. The molecule has 1 aliphatic carbocycles. The Morgan fingerprint density at radius 1 is 1.41 bits per heavy atom. The SMILES string of the molecule is CC1CCC(c2nc(C(C)C)c(I)c(=O)[nH]2)C1. The van der Waals surface area contributed by atoms with E-state index in [9.17, 15) is 4.79 Å². The van der Waals surface area contributed by atoms with E-state index in [4.69, 9.17) is 0 Å². The first-order valence-corrected chi connectivity index (χ1v) is 7.36. The molecule has 0 amide bonds. The van der Waals surface area contributed by atoms with Gasteiger partial charge in [-0.1, -0.05) is 20.8 Å². The highest BCUT2D eigenvalue weighted by atomic mass is 127. The summed E-state index contributed by atoms with van der Waals surface area (Å²) in [5.74, 6) is 2.42. The number of hydrogen-bond donors (Lipinski definition) is 1. The van der Waals surface area contributed by atoms with Crippen LogP contribution in [0.3, 0.4) is 0 Å². The van der Waals surface area contributed by atoms with Crippen molar-refractivity contribution in [3.63, 3.8) is 0 Å². The van der Waals surface area contributed by atoms with Crippen molar-refractivity contribution in [2.24, 2.45) is 5.92 Å². The maximum Gasteiger partial charge on any atom is 0.264 e. The monoisotopic (exact) mass is 346 g/mol. The highest BCUT2D eigenvalue weighted by Crippen LogP contribution is 2.36. The fourth-order valence-electron chi connectivity index (χ4n) is 2.53. The predicted octanol–water partition coefficient (Wildman–Crippen LogP) is 3.40. The molecule has 1 saturated carbocycles. The van der Waals surface area contributed by atoms with Crippen LogP contribution in [0.5, 0.6) is 0 Å². The number of aromatic nitrogens is 2. The summed E-state index contributed by atoms with van der Waals surface area (Å²) in [5, 5.41) is 0. The molecule has 1 aromatic rings. The van der Waals surface area contributed by atoms with Gasteiger partial charge in [-0.25, -0.2) is 4.98 Å². The maximum absolute atomic E-state index is 11.9. The molecule has 2 atom stereocenters. The van der Waals surface area contributed by atoms with Gasteiger partial charge in [0.15, 0.2) is 0 Å². The van der Waals surface area contributed by atoms with Crippen LogP contribution in [0.4, 0.5) is 0 Å². The molecule has 2 rings (SSSR count). The molecule has 0 aromatic carbocycles. The van der Waals surface area contributed by atoms with Crippen molar-refractivity contribution >= 4 is 22.6 Å². The van der Waals surface area contributed by atoms with Gasteiger partial charge in [0, 0.05) is 5.92 Å². The van der Waals surface area contributed by atoms with Crippen LogP contribution in [0.2, 0.25) is 0 Å². The van der Waals surface area contributed by atoms with Crippen LogP contribution in [-0.2, 0) is 0 Å². The van der Waals surface area contributed by atoms with Crippen LogP contribution in [0.1, 0.15) is 63.4 Å². The summed E-state index contributed by atoms with van der Waals surface area (Å²) >= 11 is 2.10. The number of nitrogens with one attached hydrogen (secondary N) is 1. The zero-order chi connectivity index (χ0) is 12.6. The fraction of sp³-hybridized carbons (Fsp3) is 0.692. The molecule has 3 nitrogen and oxygen atoms in total. The largest absolute Gasteiger partial charge is 0.309 e. The van der Waals surface area contributed by atoms with Crippen molar-refractivity contribution in [2.45, 2.75) is 51.9 Å². The molecule has 1 N–H and O–H groups in total. The minimum Gasteiger partial charge on any atom is -0.309 e. The average Bonchev–Trinajstić information content (AvgIpc) is 2.68. The Labute approximate surface area is 116 Å². The van der Waals surface area contributed by atoms with Gasteiger partial charge in [0.25, 0.3) is 5.56 Å². The van der Waals surface area contributed by atoms with Crippen LogP contribution in [0, 0.1) is 9.49 Å². The molecular weight excluding hydrogens is 327 g/mol. The van der Waals surface area contributed by atoms with Crippen molar-refractivity contribution in [2.75, 3.05) is 0 Å². The molecule has 0 spiro atoms. The van der Waals surface area contributed by atoms with Crippen molar-refractivity contribution in [3.8, 4) is 0 Å². The normalized spacial score (nSPS) is 24.5. The standard InChI is InChI=1S/C13H19IN2O/c1-7(2)11-10(14)13(17)16-12(15-11)9-5-4-8(3)6-9/h7-9H,4-6H2,1-3H3,(H,15,16,17). The van der Waals surface area contributed by atoms with Gasteiger partial charge in [0.2, 0.25) is 0 Å². The Balaban J connectivity index is 2.39. The lowest BCUT2D eigenvalue weighted by molar-refractivity contribution is 0.580. The number of rotatable bonds is 2. The Bertz CT molecular complexity index is 467. The second kappa shape index (κ2) is 5.08. The van der Waals surface area contributed by atoms with E-state index < -0.39 is 0 Å². The summed E-state index contributed by atoms with van der Waals surface area (Å²) in [6.07, 6.45) is 3.56. The average molecular weight is 346 g/mol. The van der Waals surface area contributed by atoms with Crippen LogP contribution in [-0.4, -0.2) is 9.97 Å². The second-order valence-corrected chi connectivity index (χ2v) is 6.50. The zero-order valence-electron chi connectivity index (χ0n) is 10.6. The van der Waals surface area contributed by atoms with Gasteiger partial charge >= 0.3 is 0 Å². The van der Waals surface area contributed by atoms with Crippen molar-refractivity contribution in [1.82, 2.24) is 9.97 Å². The van der Waals surface area contributed by atoms with Crippen LogP contribution >= 0.6 is 22.6 Å². The molecule has 1 fully saturated rings. The molecule has 2 unspecified atom stereocenters. The maximum atomic E-state index is 11.9. The second-order valence-electron chi connectivity index (χ2n) is 5.42. The number of H-pyrrole nitrogens is 1. The minimum atomic E-state index is 0.0267. The summed E-state index contributed by atoms with van der Waals surface area (Å²) in [4.78, 5) is 19.5. The molecule has 94 valence electrons. The third-order valence-corrected chi connectivity index (χ3v) is 4.58. The van der Waals surface area contributed by atoms with Gasteiger partial charge in [-0.15, -0.1) is 0 Å². The van der Waals surface area contributed by atoms with Crippen LogP contribution in [0.25, 0.3) is 0 Å². The van der Waals surface area contributed by atoms with Gasteiger partial charge in [-0.3, -0.25) is 4.79 Å². The number of hydrogen-bond acceptors (Lipinski definition) is 2. The van der Waals surface area contributed by atoms with Crippen molar-refractivity contribution in [1.29, 1.82) is 0 Å². The molecular formula is C13H19IN2O. The molecule has 4 heteroatoms. The highest BCUT2D eigenvalue weighted by Gasteiger charge is 2.26. The fourth-order valence-corrected chi connectivity index (χ4v) is 3.40. The third-order valence-electron chi connectivity index (χ3n) is 3.54. The first-order valence-electron chi connectivity index (χ1n) is 6.28.